The van der Waals surface area contributed by atoms with E-state index in [-0.39, 0.29) is 19.5 Å². The maximum absolute atomic E-state index is 9.12. The molecular formula is C9H20O5. The fourth-order valence-corrected chi connectivity index (χ4v) is 0.603. The average molecular weight is 208 g/mol. The summed E-state index contributed by atoms with van der Waals surface area (Å²) in [5.41, 5.74) is 0. The van der Waals surface area contributed by atoms with Gasteiger partial charge in [0.05, 0.1) is 24.9 Å². The van der Waals surface area contributed by atoms with Gasteiger partial charge in [-0.25, -0.2) is 0 Å². The van der Waals surface area contributed by atoms with Gasteiger partial charge in [-0.15, -0.1) is 0 Å². The Morgan fingerprint density at radius 2 is 1.57 bits per heavy atom. The van der Waals surface area contributed by atoms with Crippen LogP contribution in [0.2, 0.25) is 0 Å². The molecule has 0 spiro atoms. The largest absolute Gasteiger partial charge is 0.391 e. The lowest BCUT2D eigenvalue weighted by Crippen LogP contribution is -2.29. The first-order valence-electron chi connectivity index (χ1n) is 4.68. The SMILES string of the molecule is CC(OCOC[C@H](O)C(C)O)[C@@H](C)O. The second-order valence-electron chi connectivity index (χ2n) is 3.41. The van der Waals surface area contributed by atoms with Gasteiger partial charge in [0, 0.05) is 0 Å². The molecule has 0 aromatic heterocycles. The van der Waals surface area contributed by atoms with Gasteiger partial charge in [-0.05, 0) is 20.8 Å². The Bertz CT molecular complexity index is 121. The van der Waals surface area contributed by atoms with E-state index in [0.29, 0.717) is 0 Å². The van der Waals surface area contributed by atoms with Crippen molar-refractivity contribution in [3.8, 4) is 0 Å². The number of ether oxygens (including phenoxy) is 2. The van der Waals surface area contributed by atoms with Crippen LogP contribution in [0.1, 0.15) is 20.8 Å². The summed E-state index contributed by atoms with van der Waals surface area (Å²) >= 11 is 0. The molecule has 0 heterocycles. The third-order valence-electron chi connectivity index (χ3n) is 1.94. The van der Waals surface area contributed by atoms with Crippen molar-refractivity contribution in [2.24, 2.45) is 0 Å². The fourth-order valence-electron chi connectivity index (χ4n) is 0.603. The molecule has 0 aromatic carbocycles. The van der Waals surface area contributed by atoms with Crippen molar-refractivity contribution >= 4 is 0 Å². The molecule has 86 valence electrons. The van der Waals surface area contributed by atoms with Crippen LogP contribution in [0.3, 0.4) is 0 Å². The van der Waals surface area contributed by atoms with E-state index in [0.717, 1.165) is 0 Å². The molecule has 0 radical (unpaired) electrons. The van der Waals surface area contributed by atoms with Crippen LogP contribution in [-0.2, 0) is 9.47 Å². The van der Waals surface area contributed by atoms with E-state index in [2.05, 4.69) is 0 Å². The molecule has 5 nitrogen and oxygen atoms in total. The summed E-state index contributed by atoms with van der Waals surface area (Å²) in [6.07, 6.45) is -2.58. The Hall–Kier alpha value is -0.200. The lowest BCUT2D eigenvalue weighted by atomic mass is 10.2. The van der Waals surface area contributed by atoms with Crippen LogP contribution in [0.5, 0.6) is 0 Å². The molecule has 0 aliphatic heterocycles. The number of hydrogen-bond acceptors (Lipinski definition) is 5. The second-order valence-corrected chi connectivity index (χ2v) is 3.41. The van der Waals surface area contributed by atoms with E-state index in [1.54, 1.807) is 13.8 Å². The number of rotatable bonds is 7. The van der Waals surface area contributed by atoms with Gasteiger partial charge in [-0.3, -0.25) is 0 Å². The molecule has 0 fully saturated rings. The molecule has 2 unspecified atom stereocenters. The van der Waals surface area contributed by atoms with Crippen molar-refractivity contribution in [2.45, 2.75) is 45.2 Å². The Morgan fingerprint density at radius 1 is 1.00 bits per heavy atom. The number of aliphatic hydroxyl groups excluding tert-OH is 3. The molecule has 0 aromatic rings. The highest BCUT2D eigenvalue weighted by molar-refractivity contribution is 4.59. The Morgan fingerprint density at radius 3 is 2.00 bits per heavy atom. The maximum atomic E-state index is 9.12. The predicted octanol–water partition coefficient (Wildman–Crippen LogP) is -0.512. The zero-order valence-electron chi connectivity index (χ0n) is 8.88. The molecule has 0 saturated carbocycles. The van der Waals surface area contributed by atoms with E-state index in [9.17, 15) is 0 Å². The lowest BCUT2D eigenvalue weighted by molar-refractivity contribution is -0.135. The summed E-state index contributed by atoms with van der Waals surface area (Å²) in [6.45, 7) is 4.84. The smallest absolute Gasteiger partial charge is 0.147 e. The van der Waals surface area contributed by atoms with Crippen LogP contribution in [0.25, 0.3) is 0 Å². The molecule has 0 bridgehead atoms. The third-order valence-corrected chi connectivity index (χ3v) is 1.94. The van der Waals surface area contributed by atoms with Crippen molar-refractivity contribution < 1.29 is 24.8 Å². The molecule has 0 amide bonds. The quantitative estimate of drug-likeness (QED) is 0.388. The maximum Gasteiger partial charge on any atom is 0.147 e. The Labute approximate surface area is 84.3 Å². The first-order chi connectivity index (χ1) is 6.45. The summed E-state index contributed by atoms with van der Waals surface area (Å²) in [5, 5.41) is 27.1. The minimum absolute atomic E-state index is 0.00412. The van der Waals surface area contributed by atoms with Gasteiger partial charge < -0.3 is 24.8 Å². The molecule has 0 aliphatic rings. The van der Waals surface area contributed by atoms with E-state index in [1.807, 2.05) is 0 Å². The van der Waals surface area contributed by atoms with Crippen molar-refractivity contribution in [3.63, 3.8) is 0 Å². The number of hydrogen-bond donors (Lipinski definition) is 3. The van der Waals surface area contributed by atoms with E-state index < -0.39 is 18.3 Å². The third kappa shape index (κ3) is 6.28. The molecule has 4 atom stereocenters. The van der Waals surface area contributed by atoms with Crippen LogP contribution in [0.15, 0.2) is 0 Å². The van der Waals surface area contributed by atoms with Gasteiger partial charge >= 0.3 is 0 Å². The van der Waals surface area contributed by atoms with E-state index in [1.165, 1.54) is 6.92 Å². The number of aliphatic hydroxyl groups is 3. The van der Waals surface area contributed by atoms with Gasteiger partial charge in [0.15, 0.2) is 0 Å². The topological polar surface area (TPSA) is 79.2 Å². The minimum Gasteiger partial charge on any atom is -0.391 e. The predicted molar refractivity (Wildman–Crippen MR) is 50.7 cm³/mol. The lowest BCUT2D eigenvalue weighted by Gasteiger charge is -2.17. The summed E-state index contributed by atoms with van der Waals surface area (Å²) < 4.78 is 10.0. The van der Waals surface area contributed by atoms with Crippen molar-refractivity contribution in [3.05, 3.63) is 0 Å². The highest BCUT2D eigenvalue weighted by atomic mass is 16.7. The monoisotopic (exact) mass is 208 g/mol. The van der Waals surface area contributed by atoms with Crippen molar-refractivity contribution in [1.29, 1.82) is 0 Å². The van der Waals surface area contributed by atoms with Crippen molar-refractivity contribution in [2.75, 3.05) is 13.4 Å². The summed E-state index contributed by atoms with van der Waals surface area (Å²) in [6, 6.07) is 0. The van der Waals surface area contributed by atoms with Gasteiger partial charge in [-0.2, -0.15) is 0 Å². The van der Waals surface area contributed by atoms with Gasteiger partial charge in [0.1, 0.15) is 12.9 Å². The molecule has 5 heteroatoms. The first-order valence-corrected chi connectivity index (χ1v) is 4.68. The molecule has 3 N–H and O–H groups in total. The Kier molecular flexibility index (Phi) is 7.04. The molecule has 0 aliphatic carbocycles. The highest BCUT2D eigenvalue weighted by Gasteiger charge is 2.12. The average Bonchev–Trinajstić information content (AvgIpc) is 2.11. The Balaban J connectivity index is 3.38. The van der Waals surface area contributed by atoms with E-state index in [4.69, 9.17) is 24.8 Å². The van der Waals surface area contributed by atoms with Crippen LogP contribution in [0, 0.1) is 0 Å². The standard InChI is InChI=1S/C9H20O5/c1-6(10)8(3)14-5-13-4-9(12)7(2)11/h6-12H,4-5H2,1-3H3/t6-,7?,8?,9+/m1/s1. The molecular weight excluding hydrogens is 188 g/mol. The highest BCUT2D eigenvalue weighted by Crippen LogP contribution is 1.98. The second kappa shape index (κ2) is 7.14. The molecule has 0 saturated heterocycles. The van der Waals surface area contributed by atoms with Crippen LogP contribution < -0.4 is 0 Å². The van der Waals surface area contributed by atoms with E-state index >= 15 is 0 Å². The normalized spacial score (nSPS) is 20.1. The molecule has 0 rings (SSSR count). The fraction of sp³-hybridized carbons (Fsp3) is 1.00. The first kappa shape index (κ1) is 13.8. The zero-order chi connectivity index (χ0) is 11.1. The summed E-state index contributed by atoms with van der Waals surface area (Å²) in [5.74, 6) is 0. The van der Waals surface area contributed by atoms with Crippen LogP contribution in [0.4, 0.5) is 0 Å². The molecule has 14 heavy (non-hydrogen) atoms. The van der Waals surface area contributed by atoms with Gasteiger partial charge in [-0.1, -0.05) is 0 Å². The minimum atomic E-state index is -0.902. The van der Waals surface area contributed by atoms with Gasteiger partial charge in [0.25, 0.3) is 0 Å². The van der Waals surface area contributed by atoms with Crippen LogP contribution in [-0.4, -0.2) is 53.1 Å². The summed E-state index contributed by atoms with van der Waals surface area (Å²) in [4.78, 5) is 0. The zero-order valence-corrected chi connectivity index (χ0v) is 8.88. The van der Waals surface area contributed by atoms with Gasteiger partial charge in [0.2, 0.25) is 0 Å². The van der Waals surface area contributed by atoms with Crippen LogP contribution >= 0.6 is 0 Å². The van der Waals surface area contributed by atoms with Crippen molar-refractivity contribution in [1.82, 2.24) is 0 Å². The summed E-state index contributed by atoms with van der Waals surface area (Å²) in [7, 11) is 0.